The summed E-state index contributed by atoms with van der Waals surface area (Å²) in [5.74, 6) is 2.85. The van der Waals surface area contributed by atoms with Gasteiger partial charge in [-0.3, -0.25) is 0 Å². The number of aryl methyl sites for hydroxylation is 1. The zero-order valence-corrected chi connectivity index (χ0v) is 13.0. The summed E-state index contributed by atoms with van der Waals surface area (Å²) >= 11 is 1.84. The Balaban J connectivity index is 1.64. The highest BCUT2D eigenvalue weighted by atomic mass is 32.2. The molecule has 0 aromatic heterocycles. The molecule has 2 nitrogen and oxygen atoms in total. The van der Waals surface area contributed by atoms with E-state index < -0.39 is 0 Å². The van der Waals surface area contributed by atoms with Crippen LogP contribution in [0.4, 0.5) is 0 Å². The molecule has 0 radical (unpaired) electrons. The minimum atomic E-state index is 0.732. The number of thioether (sulfide) groups is 1. The first kappa shape index (κ1) is 15.5. The average molecular weight is 297 g/mol. The third kappa shape index (κ3) is 5.17. The first-order valence-corrected chi connectivity index (χ1v) is 8.20. The second-order valence-corrected chi connectivity index (χ2v) is 5.94. The van der Waals surface area contributed by atoms with Gasteiger partial charge in [-0.15, -0.1) is 0 Å². The lowest BCUT2D eigenvalue weighted by molar-refractivity contribution is 0.318. The van der Waals surface area contributed by atoms with Gasteiger partial charge in [0.2, 0.25) is 0 Å². The average Bonchev–Trinajstić information content (AvgIpc) is 2.53. The quantitative estimate of drug-likeness (QED) is 0.702. The van der Waals surface area contributed by atoms with Crippen LogP contribution in [0.3, 0.4) is 0 Å². The predicted molar refractivity (Wildman–Crippen MR) is 88.6 cm³/mol. The minimum Gasteiger partial charge on any atom is -0.494 e. The molecule has 2 aromatic carbocycles. The van der Waals surface area contributed by atoms with Crippen molar-refractivity contribution in [3.05, 3.63) is 65.2 Å². The normalized spacial score (nSPS) is 10.1. The number of hydrogen-bond donors (Lipinski definition) is 0. The Kier molecular flexibility index (Phi) is 6.18. The second kappa shape index (κ2) is 8.39. The Morgan fingerprint density at radius 3 is 2.62 bits per heavy atom. The molecule has 0 amide bonds. The van der Waals surface area contributed by atoms with Gasteiger partial charge in [0.15, 0.2) is 0 Å². The molecule has 0 aliphatic heterocycles. The van der Waals surface area contributed by atoms with Crippen LogP contribution < -0.4 is 4.74 Å². The van der Waals surface area contributed by atoms with E-state index >= 15 is 0 Å². The predicted octanol–water partition coefficient (Wildman–Crippen LogP) is 4.57. The molecule has 108 valence electrons. The number of benzene rings is 2. The zero-order chi connectivity index (χ0) is 14.9. The van der Waals surface area contributed by atoms with Gasteiger partial charge in [0.1, 0.15) is 5.75 Å². The maximum absolute atomic E-state index is 9.03. The van der Waals surface area contributed by atoms with Crippen LogP contribution >= 0.6 is 11.8 Å². The van der Waals surface area contributed by atoms with Gasteiger partial charge in [-0.05, 0) is 42.9 Å². The van der Waals surface area contributed by atoms with Gasteiger partial charge in [0, 0.05) is 5.75 Å². The van der Waals surface area contributed by atoms with Crippen LogP contribution in [0, 0.1) is 18.3 Å². The number of hydrogen-bond acceptors (Lipinski definition) is 3. The molecule has 0 saturated carbocycles. The number of nitrogens with zero attached hydrogens (tertiary/aromatic N) is 1. The van der Waals surface area contributed by atoms with Crippen molar-refractivity contribution in [1.82, 2.24) is 0 Å². The molecule has 0 aliphatic carbocycles. The summed E-state index contributed by atoms with van der Waals surface area (Å²) in [4.78, 5) is 0. The van der Waals surface area contributed by atoms with E-state index in [9.17, 15) is 0 Å². The molecular weight excluding hydrogens is 278 g/mol. The van der Waals surface area contributed by atoms with Crippen molar-refractivity contribution in [3.8, 4) is 11.8 Å². The second-order valence-electron chi connectivity index (χ2n) is 4.84. The molecule has 3 heteroatoms. The molecule has 0 saturated heterocycles. The smallest absolute Gasteiger partial charge is 0.119 e. The maximum Gasteiger partial charge on any atom is 0.119 e. The summed E-state index contributed by atoms with van der Waals surface area (Å²) in [6, 6.07) is 18.1. The molecule has 0 heterocycles. The lowest BCUT2D eigenvalue weighted by Gasteiger charge is -2.07. The standard InChI is InChI=1S/C18H19NOS/c1-15-7-9-18(10-8-15)20-11-4-12-21-14-17-6-3-2-5-16(17)13-19/h2-3,5-10H,4,11-12,14H2,1H3. The molecule has 2 rings (SSSR count). The fourth-order valence-corrected chi connectivity index (χ4v) is 2.86. The Morgan fingerprint density at radius 2 is 1.86 bits per heavy atom. The van der Waals surface area contributed by atoms with E-state index in [1.54, 1.807) is 0 Å². The maximum atomic E-state index is 9.03. The molecule has 0 atom stereocenters. The van der Waals surface area contributed by atoms with Crippen molar-refractivity contribution in [2.45, 2.75) is 19.1 Å². The van der Waals surface area contributed by atoms with Crippen molar-refractivity contribution in [1.29, 1.82) is 5.26 Å². The fourth-order valence-electron chi connectivity index (χ4n) is 1.92. The summed E-state index contributed by atoms with van der Waals surface area (Å²) < 4.78 is 5.69. The van der Waals surface area contributed by atoms with Gasteiger partial charge < -0.3 is 4.74 Å². The molecule has 21 heavy (non-hydrogen) atoms. The van der Waals surface area contributed by atoms with Crippen LogP contribution in [0.25, 0.3) is 0 Å². The largest absolute Gasteiger partial charge is 0.494 e. The van der Waals surface area contributed by atoms with E-state index in [0.717, 1.165) is 41.4 Å². The highest BCUT2D eigenvalue weighted by Crippen LogP contribution is 2.17. The van der Waals surface area contributed by atoms with Crippen molar-refractivity contribution in [2.24, 2.45) is 0 Å². The third-order valence-corrected chi connectivity index (χ3v) is 4.21. The summed E-state index contributed by atoms with van der Waals surface area (Å²) in [7, 11) is 0. The fraction of sp³-hybridized carbons (Fsp3) is 0.278. The molecule has 0 spiro atoms. The van der Waals surface area contributed by atoms with E-state index in [0.29, 0.717) is 0 Å². The van der Waals surface area contributed by atoms with Crippen LogP contribution in [0.1, 0.15) is 23.1 Å². The molecule has 0 fully saturated rings. The van der Waals surface area contributed by atoms with Crippen molar-refractivity contribution in [3.63, 3.8) is 0 Å². The zero-order valence-electron chi connectivity index (χ0n) is 12.2. The molecule has 0 N–H and O–H groups in total. The summed E-state index contributed by atoms with van der Waals surface area (Å²) in [6.45, 7) is 2.80. The van der Waals surface area contributed by atoms with E-state index in [1.807, 2.05) is 48.2 Å². The summed E-state index contributed by atoms with van der Waals surface area (Å²) in [5, 5.41) is 9.03. The lowest BCUT2D eigenvalue weighted by atomic mass is 10.1. The van der Waals surface area contributed by atoms with E-state index in [1.165, 1.54) is 5.56 Å². The topological polar surface area (TPSA) is 33.0 Å². The summed E-state index contributed by atoms with van der Waals surface area (Å²) in [5.41, 5.74) is 3.14. The molecule has 0 aliphatic rings. The first-order valence-electron chi connectivity index (χ1n) is 7.05. The van der Waals surface area contributed by atoms with Crippen molar-refractivity contribution in [2.75, 3.05) is 12.4 Å². The van der Waals surface area contributed by atoms with E-state index in [4.69, 9.17) is 10.00 Å². The van der Waals surface area contributed by atoms with Gasteiger partial charge in [0.05, 0.1) is 18.2 Å². The Hall–Kier alpha value is -1.92. The Labute approximate surface area is 130 Å². The van der Waals surface area contributed by atoms with Crippen LogP contribution in [0.15, 0.2) is 48.5 Å². The third-order valence-electron chi connectivity index (χ3n) is 3.12. The van der Waals surface area contributed by atoms with Gasteiger partial charge >= 0.3 is 0 Å². The van der Waals surface area contributed by atoms with Crippen LogP contribution in [-0.2, 0) is 5.75 Å². The van der Waals surface area contributed by atoms with Gasteiger partial charge in [-0.1, -0.05) is 35.9 Å². The monoisotopic (exact) mass is 297 g/mol. The molecule has 0 unspecified atom stereocenters. The highest BCUT2D eigenvalue weighted by Gasteiger charge is 2.00. The molecular formula is C18H19NOS. The Morgan fingerprint density at radius 1 is 1.10 bits per heavy atom. The van der Waals surface area contributed by atoms with E-state index in [-0.39, 0.29) is 0 Å². The highest BCUT2D eigenvalue weighted by molar-refractivity contribution is 7.98. The number of rotatable bonds is 7. The molecule has 0 bridgehead atoms. The van der Waals surface area contributed by atoms with Gasteiger partial charge in [-0.25, -0.2) is 0 Å². The lowest BCUT2D eigenvalue weighted by Crippen LogP contribution is -1.99. The van der Waals surface area contributed by atoms with Crippen LogP contribution in [0.2, 0.25) is 0 Å². The van der Waals surface area contributed by atoms with E-state index in [2.05, 4.69) is 25.1 Å². The van der Waals surface area contributed by atoms with Gasteiger partial charge in [0.25, 0.3) is 0 Å². The SMILES string of the molecule is Cc1ccc(OCCCSCc2ccccc2C#N)cc1. The molecule has 2 aromatic rings. The minimum absolute atomic E-state index is 0.732. The number of ether oxygens (including phenoxy) is 1. The Bertz CT molecular complexity index is 601. The summed E-state index contributed by atoms with van der Waals surface area (Å²) in [6.07, 6.45) is 1.01. The van der Waals surface area contributed by atoms with Crippen molar-refractivity contribution >= 4 is 11.8 Å². The number of nitriles is 1. The van der Waals surface area contributed by atoms with Crippen LogP contribution in [-0.4, -0.2) is 12.4 Å². The first-order chi connectivity index (χ1) is 10.3. The van der Waals surface area contributed by atoms with Gasteiger partial charge in [-0.2, -0.15) is 17.0 Å². The van der Waals surface area contributed by atoms with Crippen LogP contribution in [0.5, 0.6) is 5.75 Å². The van der Waals surface area contributed by atoms with Crippen molar-refractivity contribution < 1.29 is 4.74 Å².